The minimum Gasteiger partial charge on any atom is -0.481 e. The van der Waals surface area contributed by atoms with Gasteiger partial charge in [0.15, 0.2) is 0 Å². The van der Waals surface area contributed by atoms with Crippen LogP contribution in [0.3, 0.4) is 0 Å². The Morgan fingerprint density at radius 2 is 2.11 bits per heavy atom. The zero-order valence-electron chi connectivity index (χ0n) is 10.8. The molecule has 1 saturated heterocycles. The van der Waals surface area contributed by atoms with Crippen molar-refractivity contribution in [3.63, 3.8) is 0 Å². The van der Waals surface area contributed by atoms with Gasteiger partial charge < -0.3 is 15.5 Å². The number of likely N-dealkylation sites (tertiary alicyclic amines) is 1. The highest BCUT2D eigenvalue weighted by Gasteiger charge is 2.24. The average Bonchev–Trinajstić information content (AvgIpc) is 2.28. The van der Waals surface area contributed by atoms with Crippen molar-refractivity contribution < 1.29 is 19.8 Å². The van der Waals surface area contributed by atoms with E-state index in [-0.39, 0.29) is 19.0 Å². The van der Waals surface area contributed by atoms with Crippen LogP contribution in [0.2, 0.25) is 0 Å². The number of hydrogen-bond acceptors (Lipinski definition) is 4. The number of carboxylic acid groups (broad SMARTS) is 2. The van der Waals surface area contributed by atoms with Crippen LogP contribution in [0.1, 0.15) is 26.2 Å². The van der Waals surface area contributed by atoms with Crippen LogP contribution < -0.4 is 5.32 Å². The Kier molecular flexibility index (Phi) is 6.07. The van der Waals surface area contributed by atoms with Crippen molar-refractivity contribution in [2.75, 3.05) is 26.2 Å². The van der Waals surface area contributed by atoms with E-state index in [9.17, 15) is 9.59 Å². The maximum absolute atomic E-state index is 10.7. The Morgan fingerprint density at radius 1 is 1.39 bits per heavy atom. The summed E-state index contributed by atoms with van der Waals surface area (Å²) in [6.45, 7) is 4.38. The summed E-state index contributed by atoms with van der Waals surface area (Å²) in [7, 11) is 0. The molecule has 6 heteroatoms. The van der Waals surface area contributed by atoms with Crippen molar-refractivity contribution in [1.82, 2.24) is 10.2 Å². The van der Waals surface area contributed by atoms with E-state index >= 15 is 0 Å². The van der Waals surface area contributed by atoms with Gasteiger partial charge in [-0.1, -0.05) is 0 Å². The van der Waals surface area contributed by atoms with E-state index in [1.807, 2.05) is 6.92 Å². The summed E-state index contributed by atoms with van der Waals surface area (Å²) >= 11 is 0. The van der Waals surface area contributed by atoms with Gasteiger partial charge in [-0.25, -0.2) is 0 Å². The summed E-state index contributed by atoms with van der Waals surface area (Å²) < 4.78 is 0. The molecule has 2 unspecified atom stereocenters. The second-order valence-corrected chi connectivity index (χ2v) is 4.97. The fraction of sp³-hybridized carbons (Fsp3) is 0.833. The Hall–Kier alpha value is -1.14. The van der Waals surface area contributed by atoms with Crippen LogP contribution in [0.4, 0.5) is 0 Å². The van der Waals surface area contributed by atoms with Gasteiger partial charge in [0.05, 0.1) is 13.0 Å². The van der Waals surface area contributed by atoms with Crippen molar-refractivity contribution in [3.05, 3.63) is 0 Å². The number of piperidine rings is 1. The molecule has 3 N–H and O–H groups in total. The quantitative estimate of drug-likeness (QED) is 0.606. The molecule has 0 radical (unpaired) electrons. The van der Waals surface area contributed by atoms with E-state index in [1.165, 1.54) is 0 Å². The topological polar surface area (TPSA) is 89.9 Å². The Labute approximate surface area is 107 Å². The van der Waals surface area contributed by atoms with Crippen LogP contribution in [0.15, 0.2) is 0 Å². The molecule has 18 heavy (non-hydrogen) atoms. The molecule has 1 fully saturated rings. The van der Waals surface area contributed by atoms with Crippen molar-refractivity contribution in [3.8, 4) is 0 Å². The number of aliphatic carboxylic acids is 2. The average molecular weight is 258 g/mol. The van der Waals surface area contributed by atoms with Crippen LogP contribution in [0, 0.1) is 5.92 Å². The summed E-state index contributed by atoms with van der Waals surface area (Å²) in [6, 6.07) is 0.0461. The summed E-state index contributed by atoms with van der Waals surface area (Å²) in [6.07, 6.45) is 2.28. The molecule has 1 aliphatic rings. The van der Waals surface area contributed by atoms with Crippen molar-refractivity contribution >= 4 is 11.9 Å². The van der Waals surface area contributed by atoms with Crippen LogP contribution in [0.25, 0.3) is 0 Å². The van der Waals surface area contributed by atoms with Crippen molar-refractivity contribution in [2.24, 2.45) is 5.92 Å². The maximum atomic E-state index is 10.7. The molecular formula is C12H22N2O4. The van der Waals surface area contributed by atoms with E-state index < -0.39 is 11.9 Å². The molecule has 0 spiro atoms. The van der Waals surface area contributed by atoms with Crippen LogP contribution in [-0.4, -0.2) is 59.3 Å². The lowest BCUT2D eigenvalue weighted by molar-refractivity contribution is -0.139. The van der Waals surface area contributed by atoms with Gasteiger partial charge in [-0.15, -0.1) is 0 Å². The highest BCUT2D eigenvalue weighted by molar-refractivity contribution is 5.69. The molecule has 0 bridgehead atoms. The molecule has 0 aromatic carbocycles. The molecule has 0 aliphatic carbocycles. The monoisotopic (exact) mass is 258 g/mol. The van der Waals surface area contributed by atoms with Gasteiger partial charge in [-0.2, -0.15) is 0 Å². The molecule has 0 saturated carbocycles. The van der Waals surface area contributed by atoms with Crippen LogP contribution in [0.5, 0.6) is 0 Å². The fourth-order valence-corrected chi connectivity index (χ4v) is 2.43. The maximum Gasteiger partial charge on any atom is 0.317 e. The van der Waals surface area contributed by atoms with Gasteiger partial charge in [0.1, 0.15) is 0 Å². The number of hydrogen-bond donors (Lipinski definition) is 3. The molecule has 0 aromatic heterocycles. The van der Waals surface area contributed by atoms with E-state index in [1.54, 1.807) is 0 Å². The number of nitrogens with one attached hydrogen (secondary N) is 1. The van der Waals surface area contributed by atoms with Crippen molar-refractivity contribution in [1.29, 1.82) is 0 Å². The predicted octanol–water partition coefficient (Wildman–Crippen LogP) is 0.236. The molecule has 0 amide bonds. The summed E-state index contributed by atoms with van der Waals surface area (Å²) in [5, 5.41) is 20.2. The van der Waals surface area contributed by atoms with Crippen LogP contribution in [-0.2, 0) is 9.59 Å². The first-order valence-electron chi connectivity index (χ1n) is 6.37. The summed E-state index contributed by atoms with van der Waals surface area (Å²) in [5.74, 6) is -1.20. The van der Waals surface area contributed by atoms with Gasteiger partial charge >= 0.3 is 11.9 Å². The van der Waals surface area contributed by atoms with E-state index in [4.69, 9.17) is 10.2 Å². The fourth-order valence-electron chi connectivity index (χ4n) is 2.43. The molecule has 6 nitrogen and oxygen atoms in total. The Balaban J connectivity index is 2.31. The van der Waals surface area contributed by atoms with E-state index in [2.05, 4.69) is 10.2 Å². The van der Waals surface area contributed by atoms with Crippen molar-refractivity contribution in [2.45, 2.75) is 32.2 Å². The highest BCUT2D eigenvalue weighted by atomic mass is 16.4. The first kappa shape index (κ1) is 14.9. The SMILES string of the molecule is CC(CC(=O)O)N1CCCC(CNCC(=O)O)C1. The number of carbonyl (C=O) groups is 2. The zero-order chi connectivity index (χ0) is 13.5. The van der Waals surface area contributed by atoms with Gasteiger partial charge in [0.2, 0.25) is 0 Å². The predicted molar refractivity (Wildman–Crippen MR) is 66.5 cm³/mol. The largest absolute Gasteiger partial charge is 0.481 e. The molecule has 1 aliphatic heterocycles. The lowest BCUT2D eigenvalue weighted by atomic mass is 9.96. The molecule has 104 valence electrons. The first-order valence-corrected chi connectivity index (χ1v) is 6.37. The smallest absolute Gasteiger partial charge is 0.317 e. The van der Waals surface area contributed by atoms with Gasteiger partial charge in [0.25, 0.3) is 0 Å². The molecule has 1 heterocycles. The van der Waals surface area contributed by atoms with Gasteiger partial charge in [0, 0.05) is 12.6 Å². The third kappa shape index (κ3) is 5.46. The third-order valence-electron chi connectivity index (χ3n) is 3.35. The second kappa shape index (κ2) is 7.33. The summed E-state index contributed by atoms with van der Waals surface area (Å²) in [5.41, 5.74) is 0. The molecular weight excluding hydrogens is 236 g/mol. The minimum absolute atomic E-state index is 0.0127. The lowest BCUT2D eigenvalue weighted by Crippen LogP contribution is -2.45. The van der Waals surface area contributed by atoms with E-state index in [0.717, 1.165) is 25.9 Å². The lowest BCUT2D eigenvalue weighted by Gasteiger charge is -2.36. The summed E-state index contributed by atoms with van der Waals surface area (Å²) in [4.78, 5) is 23.3. The molecule has 1 rings (SSSR count). The normalized spacial score (nSPS) is 22.6. The van der Waals surface area contributed by atoms with Gasteiger partial charge in [-0.3, -0.25) is 14.5 Å². The number of nitrogens with zero attached hydrogens (tertiary/aromatic N) is 1. The third-order valence-corrected chi connectivity index (χ3v) is 3.35. The Morgan fingerprint density at radius 3 is 2.72 bits per heavy atom. The minimum atomic E-state index is -0.845. The van der Waals surface area contributed by atoms with Gasteiger partial charge in [-0.05, 0) is 38.8 Å². The Bertz CT molecular complexity index is 296. The molecule has 2 atom stereocenters. The zero-order valence-corrected chi connectivity index (χ0v) is 10.8. The second-order valence-electron chi connectivity index (χ2n) is 4.97. The van der Waals surface area contributed by atoms with E-state index in [0.29, 0.717) is 12.5 Å². The molecule has 0 aromatic rings. The standard InChI is InChI=1S/C12H22N2O4/c1-9(5-11(15)16)14-4-2-3-10(8-14)6-13-7-12(17)18/h9-10,13H,2-8H2,1H3,(H,15,16)(H,17,18). The first-order chi connectivity index (χ1) is 8.49. The van der Waals surface area contributed by atoms with Crippen LogP contribution >= 0.6 is 0 Å². The number of rotatable bonds is 7. The number of carboxylic acids is 2. The highest BCUT2D eigenvalue weighted by Crippen LogP contribution is 2.19.